The molecule has 1 aliphatic heterocycles. The second-order valence-electron chi connectivity index (χ2n) is 4.45. The number of nitrogens with two attached hydrogens (primary N) is 1. The third-order valence-electron chi connectivity index (χ3n) is 3.25. The molecule has 0 radical (unpaired) electrons. The van der Waals surface area contributed by atoms with E-state index in [0.29, 0.717) is 23.8 Å². The molecule has 1 aromatic heterocycles. The quantitative estimate of drug-likeness (QED) is 0.535. The summed E-state index contributed by atoms with van der Waals surface area (Å²) in [5.74, 6) is 5.58. The molecule has 6 nitrogen and oxygen atoms in total. The molecule has 0 spiro atoms. The number of ether oxygens (including phenoxy) is 1. The van der Waals surface area contributed by atoms with Gasteiger partial charge in [-0.1, -0.05) is 0 Å². The van der Waals surface area contributed by atoms with Crippen molar-refractivity contribution in [3.8, 4) is 0 Å². The number of carbonyl (C=O) groups excluding carboxylic acids is 1. The fourth-order valence-corrected chi connectivity index (χ4v) is 2.06. The Morgan fingerprint density at radius 1 is 1.67 bits per heavy atom. The second kappa shape index (κ2) is 5.79. The second-order valence-corrected chi connectivity index (χ2v) is 4.45. The zero-order valence-electron chi connectivity index (χ0n) is 10.3. The number of anilines is 1. The van der Waals surface area contributed by atoms with Crippen LogP contribution >= 0.6 is 0 Å². The summed E-state index contributed by atoms with van der Waals surface area (Å²) in [6.07, 6.45) is 4.08. The first-order chi connectivity index (χ1) is 8.72. The van der Waals surface area contributed by atoms with E-state index in [-0.39, 0.29) is 11.9 Å². The molecular weight excluding hydrogens is 232 g/mol. The third-order valence-corrected chi connectivity index (χ3v) is 3.25. The van der Waals surface area contributed by atoms with Crippen molar-refractivity contribution in [2.45, 2.75) is 19.4 Å². The van der Waals surface area contributed by atoms with Crippen LogP contribution in [0, 0.1) is 5.92 Å². The van der Waals surface area contributed by atoms with Gasteiger partial charge in [-0.2, -0.15) is 0 Å². The molecule has 18 heavy (non-hydrogen) atoms. The minimum atomic E-state index is -0.148. The lowest BCUT2D eigenvalue weighted by Gasteiger charge is -2.19. The molecule has 1 aromatic rings. The molecule has 6 heteroatoms. The van der Waals surface area contributed by atoms with Crippen LogP contribution in [-0.2, 0) is 4.74 Å². The van der Waals surface area contributed by atoms with Gasteiger partial charge in [-0.25, -0.2) is 0 Å². The number of pyridine rings is 1. The summed E-state index contributed by atoms with van der Waals surface area (Å²) < 4.78 is 5.32. The summed E-state index contributed by atoms with van der Waals surface area (Å²) >= 11 is 0. The Labute approximate surface area is 106 Å². The predicted molar refractivity (Wildman–Crippen MR) is 67.9 cm³/mol. The van der Waals surface area contributed by atoms with Crippen LogP contribution in [-0.4, -0.2) is 30.1 Å². The molecule has 1 amide bonds. The monoisotopic (exact) mass is 250 g/mol. The van der Waals surface area contributed by atoms with Gasteiger partial charge in [0.25, 0.3) is 5.91 Å². The molecule has 0 bridgehead atoms. The van der Waals surface area contributed by atoms with Gasteiger partial charge in [0.2, 0.25) is 0 Å². The summed E-state index contributed by atoms with van der Waals surface area (Å²) in [6, 6.07) is 1.72. The number of rotatable bonds is 4. The van der Waals surface area contributed by atoms with Gasteiger partial charge < -0.3 is 15.5 Å². The first-order valence-electron chi connectivity index (χ1n) is 6.01. The highest BCUT2D eigenvalue weighted by Gasteiger charge is 2.24. The summed E-state index contributed by atoms with van der Waals surface area (Å²) in [7, 11) is 0. The number of carbonyl (C=O) groups is 1. The molecule has 2 heterocycles. The minimum Gasteiger partial charge on any atom is -0.381 e. The smallest absolute Gasteiger partial charge is 0.253 e. The standard InChI is InChI=1S/C12H18N4O2/c1-8(9-3-5-18-7-9)15-12(17)10-2-4-14-6-11(10)16-13/h2,4,6,8-9,16H,3,5,7,13H2,1H3,(H,15,17). The van der Waals surface area contributed by atoms with Crippen molar-refractivity contribution < 1.29 is 9.53 Å². The Kier molecular flexibility index (Phi) is 4.11. The number of hydrogen-bond acceptors (Lipinski definition) is 5. The molecule has 2 unspecified atom stereocenters. The first-order valence-corrected chi connectivity index (χ1v) is 6.01. The van der Waals surface area contributed by atoms with Crippen LogP contribution in [0.4, 0.5) is 5.69 Å². The van der Waals surface area contributed by atoms with E-state index < -0.39 is 0 Å². The van der Waals surface area contributed by atoms with Crippen molar-refractivity contribution in [2.75, 3.05) is 18.6 Å². The van der Waals surface area contributed by atoms with Crippen molar-refractivity contribution >= 4 is 11.6 Å². The van der Waals surface area contributed by atoms with E-state index in [2.05, 4.69) is 15.7 Å². The van der Waals surface area contributed by atoms with Crippen LogP contribution in [0.3, 0.4) is 0 Å². The van der Waals surface area contributed by atoms with Gasteiger partial charge in [0.1, 0.15) is 0 Å². The van der Waals surface area contributed by atoms with E-state index in [1.165, 1.54) is 6.20 Å². The highest BCUT2D eigenvalue weighted by molar-refractivity contribution is 5.99. The SMILES string of the molecule is CC(NC(=O)c1ccncc1NN)C1CCOC1. The molecule has 4 N–H and O–H groups in total. The number of nitrogen functional groups attached to an aromatic ring is 1. The van der Waals surface area contributed by atoms with Crippen LogP contribution in [0.1, 0.15) is 23.7 Å². The zero-order chi connectivity index (χ0) is 13.0. The third kappa shape index (κ3) is 2.77. The van der Waals surface area contributed by atoms with Gasteiger partial charge in [0.05, 0.1) is 24.1 Å². The van der Waals surface area contributed by atoms with Crippen LogP contribution in [0.25, 0.3) is 0 Å². The lowest BCUT2D eigenvalue weighted by atomic mass is 10.0. The highest BCUT2D eigenvalue weighted by atomic mass is 16.5. The van der Waals surface area contributed by atoms with Crippen molar-refractivity contribution in [2.24, 2.45) is 11.8 Å². The van der Waals surface area contributed by atoms with E-state index in [1.807, 2.05) is 6.92 Å². The Morgan fingerprint density at radius 2 is 2.50 bits per heavy atom. The molecule has 2 atom stereocenters. The van der Waals surface area contributed by atoms with Crippen molar-refractivity contribution in [3.63, 3.8) is 0 Å². The van der Waals surface area contributed by atoms with Crippen molar-refractivity contribution in [1.82, 2.24) is 10.3 Å². The summed E-state index contributed by atoms with van der Waals surface area (Å²) in [5.41, 5.74) is 3.49. The normalized spacial score (nSPS) is 20.4. The molecule has 1 aliphatic rings. The fraction of sp³-hybridized carbons (Fsp3) is 0.500. The molecule has 98 valence electrons. The number of hydrazine groups is 1. The van der Waals surface area contributed by atoms with E-state index in [4.69, 9.17) is 10.6 Å². The number of nitrogens with zero attached hydrogens (tertiary/aromatic N) is 1. The van der Waals surface area contributed by atoms with E-state index in [9.17, 15) is 4.79 Å². The predicted octanol–water partition coefficient (Wildman–Crippen LogP) is 0.522. The maximum atomic E-state index is 12.1. The van der Waals surface area contributed by atoms with Gasteiger partial charge in [0.15, 0.2) is 0 Å². The van der Waals surface area contributed by atoms with E-state index in [1.54, 1.807) is 12.3 Å². The van der Waals surface area contributed by atoms with Gasteiger partial charge in [-0.05, 0) is 19.4 Å². The Bertz CT molecular complexity index is 418. The summed E-state index contributed by atoms with van der Waals surface area (Å²) in [4.78, 5) is 16.0. The largest absolute Gasteiger partial charge is 0.381 e. The number of nitrogens with one attached hydrogen (secondary N) is 2. The Hall–Kier alpha value is -1.66. The van der Waals surface area contributed by atoms with E-state index >= 15 is 0 Å². The summed E-state index contributed by atoms with van der Waals surface area (Å²) in [6.45, 7) is 3.48. The zero-order valence-corrected chi connectivity index (χ0v) is 10.3. The average molecular weight is 250 g/mol. The molecule has 0 saturated carbocycles. The van der Waals surface area contributed by atoms with Gasteiger partial charge in [-0.15, -0.1) is 0 Å². The van der Waals surface area contributed by atoms with Crippen molar-refractivity contribution in [3.05, 3.63) is 24.0 Å². The number of amides is 1. The van der Waals surface area contributed by atoms with Crippen LogP contribution < -0.4 is 16.6 Å². The molecule has 2 rings (SSSR count). The van der Waals surface area contributed by atoms with E-state index in [0.717, 1.165) is 13.0 Å². The van der Waals surface area contributed by atoms with Crippen molar-refractivity contribution in [1.29, 1.82) is 0 Å². The fourth-order valence-electron chi connectivity index (χ4n) is 2.06. The summed E-state index contributed by atoms with van der Waals surface area (Å²) in [5, 5.41) is 2.97. The van der Waals surface area contributed by atoms with Crippen LogP contribution in [0.2, 0.25) is 0 Å². The maximum Gasteiger partial charge on any atom is 0.253 e. The Morgan fingerprint density at radius 3 is 3.17 bits per heavy atom. The van der Waals surface area contributed by atoms with Gasteiger partial charge in [0, 0.05) is 24.8 Å². The molecule has 0 aromatic carbocycles. The van der Waals surface area contributed by atoms with Crippen LogP contribution in [0.5, 0.6) is 0 Å². The van der Waals surface area contributed by atoms with Crippen LogP contribution in [0.15, 0.2) is 18.5 Å². The Balaban J connectivity index is 2.02. The highest BCUT2D eigenvalue weighted by Crippen LogP contribution is 2.18. The molecule has 1 saturated heterocycles. The average Bonchev–Trinajstić information content (AvgIpc) is 2.92. The molecule has 1 fully saturated rings. The van der Waals surface area contributed by atoms with Gasteiger partial charge in [-0.3, -0.25) is 15.6 Å². The topological polar surface area (TPSA) is 89.3 Å². The lowest BCUT2D eigenvalue weighted by molar-refractivity contribution is 0.0923. The number of aromatic nitrogens is 1. The lowest BCUT2D eigenvalue weighted by Crippen LogP contribution is -2.38. The molecular formula is C12H18N4O2. The van der Waals surface area contributed by atoms with Gasteiger partial charge >= 0.3 is 0 Å². The molecule has 0 aliphatic carbocycles. The number of hydrogen-bond donors (Lipinski definition) is 3. The minimum absolute atomic E-state index is 0.0822. The maximum absolute atomic E-state index is 12.1. The first kappa shape index (κ1) is 12.8.